The van der Waals surface area contributed by atoms with Crippen molar-refractivity contribution < 1.29 is 21.6 Å². The Balaban J connectivity index is 1.80. The molecule has 1 aromatic rings. The van der Waals surface area contributed by atoms with E-state index in [1.54, 1.807) is 6.92 Å². The van der Waals surface area contributed by atoms with Crippen LogP contribution < -0.4 is 9.03 Å². The predicted octanol–water partition coefficient (Wildman–Crippen LogP) is 1.21. The maximum absolute atomic E-state index is 12.8. The van der Waals surface area contributed by atoms with Crippen LogP contribution in [-0.4, -0.2) is 58.6 Å². The molecule has 2 aliphatic heterocycles. The molecule has 28 heavy (non-hydrogen) atoms. The van der Waals surface area contributed by atoms with E-state index < -0.39 is 26.0 Å². The van der Waals surface area contributed by atoms with Crippen LogP contribution >= 0.6 is 0 Å². The summed E-state index contributed by atoms with van der Waals surface area (Å²) in [5.41, 5.74) is 0.267. The second-order valence-corrected chi connectivity index (χ2v) is 11.7. The van der Waals surface area contributed by atoms with Crippen LogP contribution in [0.25, 0.3) is 0 Å². The average Bonchev–Trinajstić information content (AvgIpc) is 3.22. The number of hydrogen-bond donors (Lipinski definition) is 1. The smallest absolute Gasteiger partial charge is 0.242 e. The largest absolute Gasteiger partial charge is 0.297 e. The van der Waals surface area contributed by atoms with E-state index in [2.05, 4.69) is 9.62 Å². The highest BCUT2D eigenvalue weighted by molar-refractivity contribution is 7.94. The van der Waals surface area contributed by atoms with E-state index in [0.717, 1.165) is 30.2 Å². The fourth-order valence-electron chi connectivity index (χ4n) is 3.71. The summed E-state index contributed by atoms with van der Waals surface area (Å²) >= 11 is 0. The number of amides is 1. The maximum Gasteiger partial charge on any atom is 0.242 e. The van der Waals surface area contributed by atoms with Crippen molar-refractivity contribution in [2.24, 2.45) is 0 Å². The van der Waals surface area contributed by atoms with Gasteiger partial charge < -0.3 is 0 Å². The lowest BCUT2D eigenvalue weighted by Crippen LogP contribution is -2.50. The first-order valence-corrected chi connectivity index (χ1v) is 12.4. The minimum absolute atomic E-state index is 0.0609. The molecule has 0 radical (unpaired) electrons. The van der Waals surface area contributed by atoms with Gasteiger partial charge in [0.25, 0.3) is 0 Å². The lowest BCUT2D eigenvalue weighted by atomic mass is 10.0. The summed E-state index contributed by atoms with van der Waals surface area (Å²) < 4.78 is 53.2. The molecule has 0 atom stereocenters. The topological polar surface area (TPSA) is 104 Å². The van der Waals surface area contributed by atoms with E-state index in [-0.39, 0.29) is 34.8 Å². The molecule has 1 amide bonds. The Bertz CT molecular complexity index is 980. The van der Waals surface area contributed by atoms with Gasteiger partial charge in [0.1, 0.15) is 0 Å². The van der Waals surface area contributed by atoms with Crippen molar-refractivity contribution in [3.8, 4) is 0 Å². The molecule has 156 valence electrons. The molecule has 3 rings (SSSR count). The SMILES string of the molecule is Cc1cc(N2C(=O)CCS2(=O)=O)ccc1S(=O)(=O)NCC(C)(C)N1CCCC1. The summed E-state index contributed by atoms with van der Waals surface area (Å²) in [4.78, 5) is 14.3. The van der Waals surface area contributed by atoms with Crippen LogP contribution in [0.2, 0.25) is 0 Å². The molecule has 1 N–H and O–H groups in total. The van der Waals surface area contributed by atoms with Gasteiger partial charge in [-0.3, -0.25) is 9.69 Å². The van der Waals surface area contributed by atoms with Gasteiger partial charge >= 0.3 is 0 Å². The molecule has 2 heterocycles. The van der Waals surface area contributed by atoms with Crippen LogP contribution in [-0.2, 0) is 24.8 Å². The fraction of sp³-hybridized carbons (Fsp3) is 0.611. The van der Waals surface area contributed by atoms with E-state index in [9.17, 15) is 21.6 Å². The normalized spacial score (nSPS) is 20.8. The number of benzene rings is 1. The number of nitrogens with zero attached hydrogens (tertiary/aromatic N) is 2. The number of aryl methyl sites for hydroxylation is 1. The Labute approximate surface area is 167 Å². The zero-order valence-electron chi connectivity index (χ0n) is 16.4. The van der Waals surface area contributed by atoms with Crippen LogP contribution in [0.4, 0.5) is 5.69 Å². The summed E-state index contributed by atoms with van der Waals surface area (Å²) in [5, 5.41) is 0. The first-order chi connectivity index (χ1) is 12.9. The Kier molecular flexibility index (Phi) is 5.61. The second kappa shape index (κ2) is 7.40. The van der Waals surface area contributed by atoms with Gasteiger partial charge in [0.15, 0.2) is 0 Å². The van der Waals surface area contributed by atoms with Crippen molar-refractivity contribution in [2.45, 2.75) is 50.5 Å². The van der Waals surface area contributed by atoms with E-state index in [1.807, 2.05) is 13.8 Å². The van der Waals surface area contributed by atoms with Gasteiger partial charge in [-0.15, -0.1) is 0 Å². The van der Waals surface area contributed by atoms with E-state index >= 15 is 0 Å². The van der Waals surface area contributed by atoms with E-state index in [1.165, 1.54) is 18.2 Å². The lowest BCUT2D eigenvalue weighted by Gasteiger charge is -2.35. The molecular weight excluding hydrogens is 402 g/mol. The quantitative estimate of drug-likeness (QED) is 0.729. The van der Waals surface area contributed by atoms with Crippen molar-refractivity contribution in [2.75, 3.05) is 29.7 Å². The third-order valence-corrected chi connectivity index (χ3v) is 8.67. The number of anilines is 1. The highest BCUT2D eigenvalue weighted by Gasteiger charge is 2.37. The summed E-state index contributed by atoms with van der Waals surface area (Å²) in [6.07, 6.45) is 2.18. The molecular formula is C18H27N3O5S2. The van der Waals surface area contributed by atoms with Crippen LogP contribution in [0.3, 0.4) is 0 Å². The minimum atomic E-state index is -3.77. The predicted molar refractivity (Wildman–Crippen MR) is 107 cm³/mol. The van der Waals surface area contributed by atoms with Gasteiger partial charge in [-0.25, -0.2) is 25.9 Å². The monoisotopic (exact) mass is 429 g/mol. The van der Waals surface area contributed by atoms with E-state index in [0.29, 0.717) is 5.56 Å². The van der Waals surface area contributed by atoms with E-state index in [4.69, 9.17) is 0 Å². The summed E-state index contributed by atoms with van der Waals surface area (Å²) in [6.45, 7) is 7.81. The molecule has 0 aliphatic carbocycles. The van der Waals surface area contributed by atoms with Crippen molar-refractivity contribution in [3.63, 3.8) is 0 Å². The molecule has 0 aromatic heterocycles. The zero-order chi connectivity index (χ0) is 20.7. The molecule has 10 heteroatoms. The molecule has 2 saturated heterocycles. The van der Waals surface area contributed by atoms with Gasteiger partial charge in [-0.05, 0) is 70.5 Å². The highest BCUT2D eigenvalue weighted by atomic mass is 32.2. The summed E-state index contributed by atoms with van der Waals surface area (Å²) in [7, 11) is -7.45. The van der Waals surface area contributed by atoms with Gasteiger partial charge in [0, 0.05) is 18.5 Å². The lowest BCUT2D eigenvalue weighted by molar-refractivity contribution is -0.116. The molecule has 0 unspecified atom stereocenters. The number of hydrogen-bond acceptors (Lipinski definition) is 6. The standard InChI is InChI=1S/C18H27N3O5S2/c1-14-12-15(21-17(22)8-11-27(21,23)24)6-7-16(14)28(25,26)19-13-18(2,3)20-9-4-5-10-20/h6-7,12,19H,4-5,8-11,13H2,1-3H3. The van der Waals surface area contributed by atoms with Crippen LogP contribution in [0.15, 0.2) is 23.1 Å². The molecule has 1 aromatic carbocycles. The Morgan fingerprint density at radius 2 is 1.82 bits per heavy atom. The minimum Gasteiger partial charge on any atom is -0.297 e. The van der Waals surface area contributed by atoms with Gasteiger partial charge in [-0.2, -0.15) is 0 Å². The van der Waals surface area contributed by atoms with Crippen molar-refractivity contribution in [3.05, 3.63) is 23.8 Å². The number of carbonyl (C=O) groups is 1. The number of likely N-dealkylation sites (tertiary alicyclic amines) is 1. The number of carbonyl (C=O) groups excluding carboxylic acids is 1. The Morgan fingerprint density at radius 3 is 2.36 bits per heavy atom. The average molecular weight is 430 g/mol. The Hall–Kier alpha value is -1.49. The van der Waals surface area contributed by atoms with Crippen molar-refractivity contribution >= 4 is 31.6 Å². The second-order valence-electron chi connectivity index (χ2n) is 8.01. The summed E-state index contributed by atoms with van der Waals surface area (Å²) in [5.74, 6) is -0.724. The molecule has 8 nitrogen and oxygen atoms in total. The van der Waals surface area contributed by atoms with Gasteiger partial charge in [0.05, 0.1) is 16.3 Å². The molecule has 2 fully saturated rings. The van der Waals surface area contributed by atoms with Crippen LogP contribution in [0, 0.1) is 6.92 Å². The summed E-state index contributed by atoms with van der Waals surface area (Å²) in [6, 6.07) is 4.16. The van der Waals surface area contributed by atoms with Crippen molar-refractivity contribution in [1.29, 1.82) is 0 Å². The molecule has 0 spiro atoms. The van der Waals surface area contributed by atoms with Crippen molar-refractivity contribution in [1.82, 2.24) is 9.62 Å². The third kappa shape index (κ3) is 4.10. The zero-order valence-corrected chi connectivity index (χ0v) is 18.1. The number of sulfonamides is 2. The van der Waals surface area contributed by atoms with Gasteiger partial charge in [-0.1, -0.05) is 0 Å². The van der Waals surface area contributed by atoms with Gasteiger partial charge in [0.2, 0.25) is 26.0 Å². The van der Waals surface area contributed by atoms with Crippen LogP contribution in [0.1, 0.15) is 38.7 Å². The highest BCUT2D eigenvalue weighted by Crippen LogP contribution is 2.29. The number of rotatable bonds is 6. The fourth-order valence-corrected chi connectivity index (χ4v) is 6.59. The molecule has 2 aliphatic rings. The molecule has 0 bridgehead atoms. The third-order valence-electron chi connectivity index (χ3n) is 5.42. The van der Waals surface area contributed by atoms with Crippen LogP contribution in [0.5, 0.6) is 0 Å². The maximum atomic E-state index is 12.8. The first-order valence-electron chi connectivity index (χ1n) is 9.35. The first kappa shape index (κ1) is 21.2. The Morgan fingerprint density at radius 1 is 1.18 bits per heavy atom. The number of nitrogens with one attached hydrogen (secondary N) is 1. The molecule has 0 saturated carbocycles.